The fraction of sp³-hybridized carbons (Fsp3) is 0.647. The van der Waals surface area contributed by atoms with Crippen LogP contribution in [0.4, 0.5) is 0 Å². The first-order valence-corrected chi connectivity index (χ1v) is 8.30. The van der Waals surface area contributed by atoms with E-state index in [-0.39, 0.29) is 6.04 Å². The van der Waals surface area contributed by atoms with E-state index in [1.54, 1.807) is 7.11 Å². The first-order valence-electron chi connectivity index (χ1n) is 7.93. The lowest BCUT2D eigenvalue weighted by atomic mass is 9.98. The summed E-state index contributed by atoms with van der Waals surface area (Å²) >= 11 is 6.17. The van der Waals surface area contributed by atoms with E-state index in [9.17, 15) is 0 Å². The number of hydrogen-bond donors (Lipinski definition) is 1. The molecule has 1 saturated heterocycles. The Morgan fingerprint density at radius 2 is 2.33 bits per heavy atom. The molecule has 0 saturated carbocycles. The van der Waals surface area contributed by atoms with E-state index in [1.807, 2.05) is 18.2 Å². The summed E-state index contributed by atoms with van der Waals surface area (Å²) in [5.41, 5.74) is 1.15. The summed E-state index contributed by atoms with van der Waals surface area (Å²) in [7, 11) is 1.71. The average molecular weight is 312 g/mol. The van der Waals surface area contributed by atoms with E-state index in [0.717, 1.165) is 48.7 Å². The monoisotopic (exact) mass is 311 g/mol. The Balaban J connectivity index is 2.08. The maximum absolute atomic E-state index is 6.17. The summed E-state index contributed by atoms with van der Waals surface area (Å²) in [5, 5.41) is 4.37. The summed E-state index contributed by atoms with van der Waals surface area (Å²) in [6, 6.07) is 6.11. The highest BCUT2D eigenvalue weighted by Crippen LogP contribution is 2.32. The number of methoxy groups -OCH3 is 1. The molecule has 0 aliphatic carbocycles. The molecule has 2 atom stereocenters. The van der Waals surface area contributed by atoms with Crippen molar-refractivity contribution in [1.29, 1.82) is 0 Å². The third kappa shape index (κ3) is 4.87. The van der Waals surface area contributed by atoms with Crippen LogP contribution < -0.4 is 10.1 Å². The van der Waals surface area contributed by atoms with Crippen LogP contribution in [0, 0.1) is 0 Å². The van der Waals surface area contributed by atoms with Crippen molar-refractivity contribution in [3.63, 3.8) is 0 Å². The van der Waals surface area contributed by atoms with Crippen LogP contribution in [0.15, 0.2) is 18.2 Å². The zero-order chi connectivity index (χ0) is 15.1. The zero-order valence-electron chi connectivity index (χ0n) is 13.0. The van der Waals surface area contributed by atoms with Gasteiger partial charge < -0.3 is 14.8 Å². The molecule has 1 heterocycles. The van der Waals surface area contributed by atoms with E-state index >= 15 is 0 Å². The Morgan fingerprint density at radius 1 is 1.48 bits per heavy atom. The Bertz CT molecular complexity index is 433. The third-order valence-corrected chi connectivity index (χ3v) is 4.24. The lowest BCUT2D eigenvalue weighted by molar-refractivity contribution is 0.0995. The summed E-state index contributed by atoms with van der Waals surface area (Å²) < 4.78 is 11.2. The number of rotatable bonds is 8. The van der Waals surface area contributed by atoms with Crippen molar-refractivity contribution < 1.29 is 9.47 Å². The van der Waals surface area contributed by atoms with Gasteiger partial charge in [-0.15, -0.1) is 0 Å². The Labute approximate surface area is 133 Å². The van der Waals surface area contributed by atoms with E-state index in [1.165, 1.54) is 12.8 Å². The minimum atomic E-state index is 0.266. The molecule has 21 heavy (non-hydrogen) atoms. The molecule has 0 bridgehead atoms. The van der Waals surface area contributed by atoms with Gasteiger partial charge in [0, 0.05) is 23.2 Å². The number of nitrogens with one attached hydrogen (secondary N) is 1. The van der Waals surface area contributed by atoms with Gasteiger partial charge in [0.25, 0.3) is 0 Å². The molecule has 1 aromatic carbocycles. The number of halogens is 1. The molecule has 3 nitrogen and oxygen atoms in total. The molecule has 1 N–H and O–H groups in total. The molecular weight excluding hydrogens is 286 g/mol. The molecule has 0 radical (unpaired) electrons. The van der Waals surface area contributed by atoms with Gasteiger partial charge in [-0.2, -0.15) is 0 Å². The van der Waals surface area contributed by atoms with Crippen molar-refractivity contribution in [2.45, 2.75) is 51.2 Å². The summed E-state index contributed by atoms with van der Waals surface area (Å²) in [5.74, 6) is 0.903. The van der Waals surface area contributed by atoms with Gasteiger partial charge in [0.15, 0.2) is 0 Å². The Kier molecular flexibility index (Phi) is 6.81. The van der Waals surface area contributed by atoms with Crippen LogP contribution >= 0.6 is 11.6 Å². The van der Waals surface area contributed by atoms with Crippen LogP contribution in [0.5, 0.6) is 5.75 Å². The standard InChI is InChI=1S/C17H26ClNO2/c1-3-10-19-16(8-7-14-5-4-11-21-14)15-12-13(18)6-9-17(15)20-2/h6,9,12,14,16,19H,3-5,7-8,10-11H2,1-2H3. The lowest BCUT2D eigenvalue weighted by Gasteiger charge is -2.23. The van der Waals surface area contributed by atoms with Gasteiger partial charge in [0.2, 0.25) is 0 Å². The molecule has 2 rings (SSSR count). The maximum Gasteiger partial charge on any atom is 0.123 e. The minimum absolute atomic E-state index is 0.266. The van der Waals surface area contributed by atoms with Crippen LogP contribution in [-0.2, 0) is 4.74 Å². The normalized spacial score (nSPS) is 19.7. The predicted octanol–water partition coefficient (Wildman–Crippen LogP) is 4.35. The van der Waals surface area contributed by atoms with Gasteiger partial charge in [0.1, 0.15) is 5.75 Å². The maximum atomic E-state index is 6.17. The molecule has 0 amide bonds. The Morgan fingerprint density at radius 3 is 3.00 bits per heavy atom. The van der Waals surface area contributed by atoms with Crippen molar-refractivity contribution in [1.82, 2.24) is 5.32 Å². The van der Waals surface area contributed by atoms with E-state index < -0.39 is 0 Å². The van der Waals surface area contributed by atoms with Gasteiger partial charge in [0.05, 0.1) is 13.2 Å². The summed E-state index contributed by atoms with van der Waals surface area (Å²) in [6.07, 6.45) is 6.03. The van der Waals surface area contributed by atoms with Crippen molar-refractivity contribution in [3.8, 4) is 5.75 Å². The van der Waals surface area contributed by atoms with Gasteiger partial charge in [-0.1, -0.05) is 18.5 Å². The van der Waals surface area contributed by atoms with Crippen molar-refractivity contribution in [2.75, 3.05) is 20.3 Å². The van der Waals surface area contributed by atoms with Crippen molar-refractivity contribution in [2.24, 2.45) is 0 Å². The molecule has 1 aliphatic rings. The molecular formula is C17H26ClNO2. The minimum Gasteiger partial charge on any atom is -0.496 e. The van der Waals surface area contributed by atoms with Gasteiger partial charge in [-0.3, -0.25) is 0 Å². The topological polar surface area (TPSA) is 30.5 Å². The van der Waals surface area contributed by atoms with Gasteiger partial charge in [-0.05, 0) is 56.8 Å². The molecule has 1 fully saturated rings. The molecule has 0 aromatic heterocycles. The second-order valence-electron chi connectivity index (χ2n) is 5.61. The van der Waals surface area contributed by atoms with Crippen molar-refractivity contribution in [3.05, 3.63) is 28.8 Å². The second-order valence-corrected chi connectivity index (χ2v) is 6.04. The molecule has 4 heteroatoms. The van der Waals surface area contributed by atoms with Crippen LogP contribution in [0.2, 0.25) is 5.02 Å². The molecule has 2 unspecified atom stereocenters. The predicted molar refractivity (Wildman–Crippen MR) is 87.2 cm³/mol. The highest BCUT2D eigenvalue weighted by Gasteiger charge is 2.21. The first-order chi connectivity index (χ1) is 10.2. The fourth-order valence-corrected chi connectivity index (χ4v) is 3.07. The van der Waals surface area contributed by atoms with E-state index in [2.05, 4.69) is 12.2 Å². The summed E-state index contributed by atoms with van der Waals surface area (Å²) in [6.45, 7) is 4.09. The zero-order valence-corrected chi connectivity index (χ0v) is 13.8. The largest absolute Gasteiger partial charge is 0.496 e. The molecule has 1 aliphatic heterocycles. The van der Waals surface area contributed by atoms with Gasteiger partial charge >= 0.3 is 0 Å². The van der Waals surface area contributed by atoms with Crippen LogP contribution in [0.25, 0.3) is 0 Å². The molecule has 0 spiro atoms. The van der Waals surface area contributed by atoms with E-state index in [4.69, 9.17) is 21.1 Å². The highest BCUT2D eigenvalue weighted by molar-refractivity contribution is 6.30. The first kappa shape index (κ1) is 16.6. The van der Waals surface area contributed by atoms with Crippen LogP contribution in [0.3, 0.4) is 0 Å². The van der Waals surface area contributed by atoms with Crippen LogP contribution in [0.1, 0.15) is 50.6 Å². The van der Waals surface area contributed by atoms with E-state index in [0.29, 0.717) is 6.10 Å². The SMILES string of the molecule is CCCNC(CCC1CCCO1)c1cc(Cl)ccc1OC. The smallest absolute Gasteiger partial charge is 0.123 e. The highest BCUT2D eigenvalue weighted by atomic mass is 35.5. The van der Waals surface area contributed by atoms with Crippen LogP contribution in [-0.4, -0.2) is 26.4 Å². The number of ether oxygens (including phenoxy) is 2. The Hall–Kier alpha value is -0.770. The second kappa shape index (κ2) is 8.62. The van der Waals surface area contributed by atoms with Gasteiger partial charge in [-0.25, -0.2) is 0 Å². The number of hydrogen-bond acceptors (Lipinski definition) is 3. The molecule has 1 aromatic rings. The average Bonchev–Trinajstić information content (AvgIpc) is 3.01. The molecule has 118 valence electrons. The fourth-order valence-electron chi connectivity index (χ4n) is 2.89. The lowest BCUT2D eigenvalue weighted by Crippen LogP contribution is -2.24. The number of benzene rings is 1. The quantitative estimate of drug-likeness (QED) is 0.774. The summed E-state index contributed by atoms with van der Waals surface area (Å²) in [4.78, 5) is 0. The van der Waals surface area contributed by atoms with Crippen molar-refractivity contribution >= 4 is 11.6 Å². The third-order valence-electron chi connectivity index (χ3n) is 4.01.